The van der Waals surface area contributed by atoms with E-state index in [0.717, 1.165) is 12.3 Å². The SMILES string of the molecule is Cc1ccc(OCC(=O)NCCN(C)C)cc1. The molecule has 17 heavy (non-hydrogen) atoms. The predicted octanol–water partition coefficient (Wildman–Crippen LogP) is 1.05. The Morgan fingerprint density at radius 2 is 1.94 bits per heavy atom. The molecule has 0 aliphatic rings. The van der Waals surface area contributed by atoms with Gasteiger partial charge in [0, 0.05) is 13.1 Å². The molecule has 0 saturated heterocycles. The highest BCUT2D eigenvalue weighted by molar-refractivity contribution is 5.77. The maximum absolute atomic E-state index is 11.4. The van der Waals surface area contributed by atoms with Crippen LogP contribution in [0.5, 0.6) is 5.75 Å². The minimum atomic E-state index is -0.0903. The molecule has 1 N–H and O–H groups in total. The number of likely N-dealkylation sites (N-methyl/N-ethyl adjacent to an activating group) is 1. The van der Waals surface area contributed by atoms with E-state index in [9.17, 15) is 4.79 Å². The Labute approximate surface area is 103 Å². The minimum Gasteiger partial charge on any atom is -0.484 e. The molecular formula is C13H20N2O2. The zero-order valence-electron chi connectivity index (χ0n) is 10.7. The summed E-state index contributed by atoms with van der Waals surface area (Å²) in [7, 11) is 3.93. The van der Waals surface area contributed by atoms with Crippen molar-refractivity contribution in [2.45, 2.75) is 6.92 Å². The van der Waals surface area contributed by atoms with Crippen molar-refractivity contribution in [1.29, 1.82) is 0 Å². The van der Waals surface area contributed by atoms with Crippen LogP contribution in [0, 0.1) is 6.92 Å². The van der Waals surface area contributed by atoms with E-state index < -0.39 is 0 Å². The fraction of sp³-hybridized carbons (Fsp3) is 0.462. The minimum absolute atomic E-state index is 0.0660. The van der Waals surface area contributed by atoms with Crippen molar-refractivity contribution in [3.63, 3.8) is 0 Å². The first-order chi connectivity index (χ1) is 8.08. The Morgan fingerprint density at radius 3 is 2.53 bits per heavy atom. The molecule has 0 unspecified atom stereocenters. The number of hydrogen-bond donors (Lipinski definition) is 1. The topological polar surface area (TPSA) is 41.6 Å². The molecule has 94 valence electrons. The van der Waals surface area contributed by atoms with Gasteiger partial charge in [-0.05, 0) is 33.2 Å². The van der Waals surface area contributed by atoms with Gasteiger partial charge in [-0.25, -0.2) is 0 Å². The number of benzene rings is 1. The van der Waals surface area contributed by atoms with Crippen molar-refractivity contribution >= 4 is 5.91 Å². The lowest BCUT2D eigenvalue weighted by Gasteiger charge is -2.11. The van der Waals surface area contributed by atoms with Crippen molar-refractivity contribution in [3.8, 4) is 5.75 Å². The number of carbonyl (C=O) groups excluding carboxylic acids is 1. The van der Waals surface area contributed by atoms with Crippen LogP contribution in [0.1, 0.15) is 5.56 Å². The first-order valence-electron chi connectivity index (χ1n) is 5.69. The molecule has 1 amide bonds. The summed E-state index contributed by atoms with van der Waals surface area (Å²) < 4.78 is 5.35. The summed E-state index contributed by atoms with van der Waals surface area (Å²) in [5.74, 6) is 0.630. The highest BCUT2D eigenvalue weighted by atomic mass is 16.5. The van der Waals surface area contributed by atoms with E-state index in [0.29, 0.717) is 6.54 Å². The summed E-state index contributed by atoms with van der Waals surface area (Å²) in [6.45, 7) is 3.55. The van der Waals surface area contributed by atoms with Crippen LogP contribution < -0.4 is 10.1 Å². The van der Waals surface area contributed by atoms with Crippen LogP contribution in [0.2, 0.25) is 0 Å². The van der Waals surface area contributed by atoms with E-state index in [1.165, 1.54) is 5.56 Å². The number of carbonyl (C=O) groups is 1. The third-order valence-corrected chi connectivity index (χ3v) is 2.27. The molecule has 0 aromatic heterocycles. The van der Waals surface area contributed by atoms with Gasteiger partial charge in [-0.2, -0.15) is 0 Å². The molecule has 4 heteroatoms. The van der Waals surface area contributed by atoms with E-state index >= 15 is 0 Å². The van der Waals surface area contributed by atoms with Gasteiger partial charge in [-0.1, -0.05) is 17.7 Å². The molecule has 4 nitrogen and oxygen atoms in total. The van der Waals surface area contributed by atoms with E-state index in [4.69, 9.17) is 4.74 Å². The molecule has 0 spiro atoms. The van der Waals surface area contributed by atoms with Gasteiger partial charge in [0.25, 0.3) is 5.91 Å². The molecule has 0 fully saturated rings. The lowest BCUT2D eigenvalue weighted by Crippen LogP contribution is -2.34. The van der Waals surface area contributed by atoms with E-state index in [-0.39, 0.29) is 12.5 Å². The van der Waals surface area contributed by atoms with Gasteiger partial charge in [0.2, 0.25) is 0 Å². The number of rotatable bonds is 6. The zero-order valence-corrected chi connectivity index (χ0v) is 10.7. The summed E-state index contributed by atoms with van der Waals surface area (Å²) in [4.78, 5) is 13.4. The Hall–Kier alpha value is -1.55. The summed E-state index contributed by atoms with van der Waals surface area (Å²) in [6.07, 6.45) is 0. The van der Waals surface area contributed by atoms with Crippen LogP contribution in [-0.2, 0) is 4.79 Å². The molecule has 1 aromatic carbocycles. The van der Waals surface area contributed by atoms with Gasteiger partial charge in [0.15, 0.2) is 6.61 Å². The van der Waals surface area contributed by atoms with E-state index in [2.05, 4.69) is 5.32 Å². The monoisotopic (exact) mass is 236 g/mol. The Bertz CT molecular complexity index is 347. The number of hydrogen-bond acceptors (Lipinski definition) is 3. The normalized spacial score (nSPS) is 10.4. The summed E-state index contributed by atoms with van der Waals surface area (Å²) in [6, 6.07) is 7.64. The third kappa shape index (κ3) is 5.92. The van der Waals surface area contributed by atoms with Gasteiger partial charge in [-0.3, -0.25) is 4.79 Å². The smallest absolute Gasteiger partial charge is 0.257 e. The number of amides is 1. The first-order valence-corrected chi connectivity index (χ1v) is 5.69. The first kappa shape index (κ1) is 13.5. The highest BCUT2D eigenvalue weighted by Crippen LogP contribution is 2.10. The van der Waals surface area contributed by atoms with Crippen molar-refractivity contribution in [1.82, 2.24) is 10.2 Å². The molecule has 1 rings (SSSR count). The molecule has 1 aromatic rings. The second kappa shape index (κ2) is 6.91. The van der Waals surface area contributed by atoms with Crippen LogP contribution in [0.25, 0.3) is 0 Å². The molecule has 0 aliphatic heterocycles. The molecule has 0 radical (unpaired) electrons. The predicted molar refractivity (Wildman–Crippen MR) is 68.2 cm³/mol. The lowest BCUT2D eigenvalue weighted by molar-refractivity contribution is -0.123. The quantitative estimate of drug-likeness (QED) is 0.802. The van der Waals surface area contributed by atoms with Crippen LogP contribution in [0.15, 0.2) is 24.3 Å². The van der Waals surface area contributed by atoms with Crippen LogP contribution in [0.4, 0.5) is 0 Å². The van der Waals surface area contributed by atoms with Gasteiger partial charge in [-0.15, -0.1) is 0 Å². The fourth-order valence-electron chi connectivity index (χ4n) is 1.25. The lowest BCUT2D eigenvalue weighted by atomic mass is 10.2. The standard InChI is InChI=1S/C13H20N2O2/c1-11-4-6-12(7-5-11)17-10-13(16)14-8-9-15(2)3/h4-7H,8-10H2,1-3H3,(H,14,16). The van der Waals surface area contributed by atoms with Crippen molar-refractivity contribution in [2.75, 3.05) is 33.8 Å². The maximum atomic E-state index is 11.4. The van der Waals surface area contributed by atoms with Crippen LogP contribution in [0.3, 0.4) is 0 Å². The van der Waals surface area contributed by atoms with E-state index in [1.807, 2.05) is 50.2 Å². The zero-order chi connectivity index (χ0) is 12.7. The van der Waals surface area contributed by atoms with Gasteiger partial charge in [0.1, 0.15) is 5.75 Å². The van der Waals surface area contributed by atoms with Crippen molar-refractivity contribution < 1.29 is 9.53 Å². The maximum Gasteiger partial charge on any atom is 0.257 e. The van der Waals surface area contributed by atoms with Crippen LogP contribution >= 0.6 is 0 Å². The third-order valence-electron chi connectivity index (χ3n) is 2.27. The van der Waals surface area contributed by atoms with Gasteiger partial charge in [0.05, 0.1) is 0 Å². The summed E-state index contributed by atoms with van der Waals surface area (Å²) in [5, 5.41) is 2.79. The van der Waals surface area contributed by atoms with Crippen molar-refractivity contribution in [2.24, 2.45) is 0 Å². The number of aryl methyl sites for hydroxylation is 1. The largest absolute Gasteiger partial charge is 0.484 e. The summed E-state index contributed by atoms with van der Waals surface area (Å²) in [5.41, 5.74) is 1.17. The summed E-state index contributed by atoms with van der Waals surface area (Å²) >= 11 is 0. The van der Waals surface area contributed by atoms with Gasteiger partial charge >= 0.3 is 0 Å². The molecule has 0 aliphatic carbocycles. The number of ether oxygens (including phenoxy) is 1. The van der Waals surface area contributed by atoms with Crippen LogP contribution in [-0.4, -0.2) is 44.6 Å². The Balaban J connectivity index is 2.21. The fourth-order valence-corrected chi connectivity index (χ4v) is 1.25. The molecular weight excluding hydrogens is 216 g/mol. The Morgan fingerprint density at radius 1 is 1.29 bits per heavy atom. The molecule has 0 atom stereocenters. The average molecular weight is 236 g/mol. The number of nitrogens with zero attached hydrogens (tertiary/aromatic N) is 1. The molecule has 0 saturated carbocycles. The molecule has 0 bridgehead atoms. The second-order valence-electron chi connectivity index (χ2n) is 4.25. The van der Waals surface area contributed by atoms with Gasteiger partial charge < -0.3 is 15.0 Å². The number of nitrogens with one attached hydrogen (secondary N) is 1. The Kier molecular flexibility index (Phi) is 5.49. The van der Waals surface area contributed by atoms with E-state index in [1.54, 1.807) is 0 Å². The molecule has 0 heterocycles. The highest BCUT2D eigenvalue weighted by Gasteiger charge is 2.02. The van der Waals surface area contributed by atoms with Crippen molar-refractivity contribution in [3.05, 3.63) is 29.8 Å². The average Bonchev–Trinajstić information content (AvgIpc) is 2.28. The second-order valence-corrected chi connectivity index (χ2v) is 4.25.